The Morgan fingerprint density at radius 1 is 1.42 bits per heavy atom. The Balaban J connectivity index is 2.60. The molecule has 106 valence electrons. The van der Waals surface area contributed by atoms with Crippen LogP contribution >= 0.6 is 11.6 Å². The Morgan fingerprint density at radius 3 is 2.63 bits per heavy atom. The third kappa shape index (κ3) is 5.21. The first-order valence-electron chi connectivity index (χ1n) is 6.49. The summed E-state index contributed by atoms with van der Waals surface area (Å²) in [7, 11) is 3.52. The van der Waals surface area contributed by atoms with Crippen LogP contribution in [0.4, 0.5) is 0 Å². The van der Waals surface area contributed by atoms with Gasteiger partial charge in [0.05, 0.1) is 18.7 Å². The number of carbonyl (C=O) groups is 1. The van der Waals surface area contributed by atoms with Crippen molar-refractivity contribution in [3.05, 3.63) is 28.8 Å². The average molecular weight is 284 g/mol. The number of hydrogen-bond acceptors (Lipinski definition) is 3. The summed E-state index contributed by atoms with van der Waals surface area (Å²) in [6.07, 6.45) is 1.09. The zero-order valence-corrected chi connectivity index (χ0v) is 12.8. The van der Waals surface area contributed by atoms with Crippen molar-refractivity contribution in [2.24, 2.45) is 5.92 Å². The van der Waals surface area contributed by atoms with Crippen molar-refractivity contribution >= 4 is 17.4 Å². The molecule has 4 heteroatoms. The first-order chi connectivity index (χ1) is 8.93. The molecule has 0 aliphatic rings. The minimum absolute atomic E-state index is 0.0795. The zero-order valence-electron chi connectivity index (χ0n) is 12.1. The molecule has 19 heavy (non-hydrogen) atoms. The molecule has 1 rings (SSSR count). The number of methoxy groups -OCH3 is 1. The standard InChI is InChI=1S/C15H22ClNO2/c1-11(2)7-8-17(3)10-14(18)12-5-6-15(19-4)13(16)9-12/h5-6,9,11H,7-8,10H2,1-4H3. The lowest BCUT2D eigenvalue weighted by molar-refractivity contribution is 0.0944. The van der Waals surface area contributed by atoms with E-state index in [1.165, 1.54) is 0 Å². The third-order valence-corrected chi connectivity index (χ3v) is 3.27. The van der Waals surface area contributed by atoms with Gasteiger partial charge in [0.25, 0.3) is 0 Å². The normalized spacial score (nSPS) is 11.1. The molecule has 0 saturated carbocycles. The summed E-state index contributed by atoms with van der Waals surface area (Å²) in [6, 6.07) is 5.14. The highest BCUT2D eigenvalue weighted by atomic mass is 35.5. The number of likely N-dealkylation sites (N-methyl/N-ethyl adjacent to an activating group) is 1. The molecule has 0 aliphatic heterocycles. The molecule has 0 aromatic heterocycles. The first-order valence-corrected chi connectivity index (χ1v) is 6.87. The lowest BCUT2D eigenvalue weighted by atomic mass is 10.1. The quantitative estimate of drug-likeness (QED) is 0.717. The Morgan fingerprint density at radius 2 is 2.11 bits per heavy atom. The maximum Gasteiger partial charge on any atom is 0.176 e. The van der Waals surface area contributed by atoms with E-state index in [9.17, 15) is 4.79 Å². The molecule has 0 heterocycles. The molecule has 0 radical (unpaired) electrons. The number of Topliss-reactive ketones (excluding diaryl/α,β-unsaturated/α-hetero) is 1. The Kier molecular flexibility index (Phi) is 6.32. The fourth-order valence-corrected chi connectivity index (χ4v) is 1.99. The molecule has 0 saturated heterocycles. The molecule has 0 aliphatic carbocycles. The maximum atomic E-state index is 12.1. The van der Waals surface area contributed by atoms with E-state index in [4.69, 9.17) is 16.3 Å². The van der Waals surface area contributed by atoms with Gasteiger partial charge in [0.2, 0.25) is 0 Å². The van der Waals surface area contributed by atoms with Crippen molar-refractivity contribution in [1.82, 2.24) is 4.90 Å². The second-order valence-electron chi connectivity index (χ2n) is 5.19. The summed E-state index contributed by atoms with van der Waals surface area (Å²) >= 11 is 6.02. The maximum absolute atomic E-state index is 12.1. The van der Waals surface area contributed by atoms with Crippen LogP contribution in [-0.4, -0.2) is 37.9 Å². The number of nitrogens with zero attached hydrogens (tertiary/aromatic N) is 1. The minimum Gasteiger partial charge on any atom is -0.495 e. The zero-order chi connectivity index (χ0) is 14.4. The van der Waals surface area contributed by atoms with Gasteiger partial charge in [0.15, 0.2) is 5.78 Å². The smallest absolute Gasteiger partial charge is 0.176 e. The predicted octanol–water partition coefficient (Wildman–Crippen LogP) is 3.51. The molecule has 0 bridgehead atoms. The number of benzene rings is 1. The van der Waals surface area contributed by atoms with Crippen molar-refractivity contribution in [1.29, 1.82) is 0 Å². The topological polar surface area (TPSA) is 29.5 Å². The van der Waals surface area contributed by atoms with Crippen LogP contribution in [0.3, 0.4) is 0 Å². The van der Waals surface area contributed by atoms with Crippen molar-refractivity contribution in [3.8, 4) is 5.75 Å². The molecule has 0 atom stereocenters. The van der Waals surface area contributed by atoms with Gasteiger partial charge in [-0.25, -0.2) is 0 Å². The molecular weight excluding hydrogens is 262 g/mol. The molecule has 0 unspecified atom stereocenters. The molecule has 0 N–H and O–H groups in total. The van der Waals surface area contributed by atoms with Crippen LogP contribution in [0.5, 0.6) is 5.75 Å². The van der Waals surface area contributed by atoms with E-state index in [-0.39, 0.29) is 5.78 Å². The van der Waals surface area contributed by atoms with Crippen LogP contribution in [0.1, 0.15) is 30.6 Å². The number of ether oxygens (including phenoxy) is 1. The molecule has 1 aromatic carbocycles. The molecular formula is C15H22ClNO2. The van der Waals surface area contributed by atoms with Crippen LogP contribution in [0.2, 0.25) is 5.02 Å². The van der Waals surface area contributed by atoms with Gasteiger partial charge in [-0.05, 0) is 44.1 Å². The Labute approximate surface area is 120 Å². The summed E-state index contributed by atoms with van der Waals surface area (Å²) in [4.78, 5) is 14.2. The number of carbonyl (C=O) groups excluding carboxylic acids is 1. The number of rotatable bonds is 7. The van der Waals surface area contributed by atoms with E-state index in [0.717, 1.165) is 13.0 Å². The lowest BCUT2D eigenvalue weighted by Crippen LogP contribution is -2.27. The van der Waals surface area contributed by atoms with Gasteiger partial charge in [-0.15, -0.1) is 0 Å². The molecule has 0 fully saturated rings. The van der Waals surface area contributed by atoms with Crippen molar-refractivity contribution < 1.29 is 9.53 Å². The van der Waals surface area contributed by atoms with Gasteiger partial charge >= 0.3 is 0 Å². The third-order valence-electron chi connectivity index (χ3n) is 2.98. The summed E-state index contributed by atoms with van der Waals surface area (Å²) in [5, 5.41) is 0.471. The van der Waals surface area contributed by atoms with E-state index in [2.05, 4.69) is 13.8 Å². The summed E-state index contributed by atoms with van der Waals surface area (Å²) in [5.41, 5.74) is 0.627. The summed E-state index contributed by atoms with van der Waals surface area (Å²) in [5.74, 6) is 1.31. The predicted molar refractivity (Wildman–Crippen MR) is 79.3 cm³/mol. The van der Waals surface area contributed by atoms with Crippen molar-refractivity contribution in [2.45, 2.75) is 20.3 Å². The van der Waals surface area contributed by atoms with Crippen LogP contribution in [0.25, 0.3) is 0 Å². The van der Waals surface area contributed by atoms with Gasteiger partial charge in [0, 0.05) is 5.56 Å². The number of hydrogen-bond donors (Lipinski definition) is 0. The van der Waals surface area contributed by atoms with E-state index < -0.39 is 0 Å². The van der Waals surface area contributed by atoms with E-state index in [1.807, 2.05) is 11.9 Å². The van der Waals surface area contributed by atoms with Crippen molar-refractivity contribution in [2.75, 3.05) is 27.2 Å². The Hall–Kier alpha value is -1.06. The largest absolute Gasteiger partial charge is 0.495 e. The first kappa shape index (κ1) is 16.0. The van der Waals surface area contributed by atoms with Crippen LogP contribution in [0, 0.1) is 5.92 Å². The second kappa shape index (κ2) is 7.51. The number of halogens is 1. The van der Waals surface area contributed by atoms with Gasteiger partial charge < -0.3 is 4.74 Å². The minimum atomic E-state index is 0.0795. The summed E-state index contributed by atoms with van der Waals surface area (Å²) < 4.78 is 5.07. The average Bonchev–Trinajstić information content (AvgIpc) is 2.36. The number of ketones is 1. The van der Waals surface area contributed by atoms with E-state index in [1.54, 1.807) is 25.3 Å². The monoisotopic (exact) mass is 283 g/mol. The SMILES string of the molecule is COc1ccc(C(=O)CN(C)CCC(C)C)cc1Cl. The van der Waals surface area contributed by atoms with Gasteiger partial charge in [-0.2, -0.15) is 0 Å². The van der Waals surface area contributed by atoms with Crippen molar-refractivity contribution in [3.63, 3.8) is 0 Å². The summed E-state index contributed by atoms with van der Waals surface area (Å²) in [6.45, 7) is 5.69. The Bertz CT molecular complexity index is 432. The lowest BCUT2D eigenvalue weighted by Gasteiger charge is -2.17. The highest BCUT2D eigenvalue weighted by Gasteiger charge is 2.12. The van der Waals surface area contributed by atoms with E-state index in [0.29, 0.717) is 28.8 Å². The van der Waals surface area contributed by atoms with Crippen LogP contribution < -0.4 is 4.74 Å². The highest BCUT2D eigenvalue weighted by molar-refractivity contribution is 6.32. The fourth-order valence-electron chi connectivity index (χ4n) is 1.73. The van der Waals surface area contributed by atoms with E-state index >= 15 is 0 Å². The van der Waals surface area contributed by atoms with Gasteiger partial charge in [-0.1, -0.05) is 25.4 Å². The van der Waals surface area contributed by atoms with Gasteiger partial charge in [-0.3, -0.25) is 9.69 Å². The second-order valence-corrected chi connectivity index (χ2v) is 5.60. The van der Waals surface area contributed by atoms with Crippen LogP contribution in [-0.2, 0) is 0 Å². The highest BCUT2D eigenvalue weighted by Crippen LogP contribution is 2.25. The van der Waals surface area contributed by atoms with Crippen LogP contribution in [0.15, 0.2) is 18.2 Å². The molecule has 1 aromatic rings. The molecule has 3 nitrogen and oxygen atoms in total. The molecule has 0 amide bonds. The molecule has 0 spiro atoms. The van der Waals surface area contributed by atoms with Gasteiger partial charge in [0.1, 0.15) is 5.75 Å². The fraction of sp³-hybridized carbons (Fsp3) is 0.533.